The van der Waals surface area contributed by atoms with Crippen LogP contribution in [0.15, 0.2) is 47.5 Å². The van der Waals surface area contributed by atoms with Crippen LogP contribution in [0.1, 0.15) is 55.0 Å². The van der Waals surface area contributed by atoms with Gasteiger partial charge in [0.15, 0.2) is 5.43 Å². The van der Waals surface area contributed by atoms with Crippen LogP contribution in [0.2, 0.25) is 0 Å². The van der Waals surface area contributed by atoms with E-state index in [9.17, 15) is 9.59 Å². The molecule has 0 saturated carbocycles. The largest absolute Gasteiger partial charge is 0.350 e. The quantitative estimate of drug-likeness (QED) is 0.775. The number of pyridine rings is 1. The number of H-pyrrole nitrogens is 1. The Kier molecular flexibility index (Phi) is 4.56. The Morgan fingerprint density at radius 2 is 2.11 bits per heavy atom. The first-order chi connectivity index (χ1) is 13.0. The molecule has 1 unspecified atom stereocenters. The molecular formula is C21H24N4O2. The van der Waals surface area contributed by atoms with Crippen molar-refractivity contribution >= 4 is 16.8 Å². The van der Waals surface area contributed by atoms with Crippen LogP contribution in [0.3, 0.4) is 0 Å². The van der Waals surface area contributed by atoms with Crippen LogP contribution in [0.5, 0.6) is 0 Å². The number of aromatic amines is 1. The summed E-state index contributed by atoms with van der Waals surface area (Å²) in [5.41, 5.74) is 0.917. The maximum Gasteiger partial charge on any atom is 0.270 e. The normalized spacial score (nSPS) is 17.6. The van der Waals surface area contributed by atoms with E-state index < -0.39 is 0 Å². The first-order valence-electron chi connectivity index (χ1n) is 9.48. The molecule has 1 aliphatic rings. The highest BCUT2D eigenvalue weighted by atomic mass is 16.2. The number of fused-ring (bicyclic) bond motifs is 1. The van der Waals surface area contributed by atoms with E-state index in [-0.39, 0.29) is 17.3 Å². The molecule has 1 atom stereocenters. The lowest BCUT2D eigenvalue weighted by atomic mass is 9.96. The first kappa shape index (κ1) is 17.5. The van der Waals surface area contributed by atoms with Crippen molar-refractivity contribution < 1.29 is 4.79 Å². The predicted octanol–water partition coefficient (Wildman–Crippen LogP) is 3.33. The van der Waals surface area contributed by atoms with Gasteiger partial charge in [0.1, 0.15) is 11.5 Å². The standard InChI is InChI=1S/C21H24N4O2/c1-14(2)25-11-9-22-20(25)15-6-5-10-24(13-15)21(27)18-12-19(26)16-7-3-4-8-17(16)23-18/h3-4,7-9,11-12,14-15H,5-6,10,13H2,1-2H3,(H,23,26). The predicted molar refractivity (Wildman–Crippen MR) is 105 cm³/mol. The van der Waals surface area contributed by atoms with Crippen molar-refractivity contribution in [2.24, 2.45) is 0 Å². The van der Waals surface area contributed by atoms with Crippen LogP contribution in [0, 0.1) is 0 Å². The second kappa shape index (κ2) is 7.02. The number of piperidine rings is 1. The van der Waals surface area contributed by atoms with Gasteiger partial charge < -0.3 is 14.5 Å². The van der Waals surface area contributed by atoms with Crippen LogP contribution in [0.4, 0.5) is 0 Å². The number of benzene rings is 1. The minimum atomic E-state index is -0.128. The number of nitrogens with one attached hydrogen (secondary N) is 1. The lowest BCUT2D eigenvalue weighted by Gasteiger charge is -2.33. The molecule has 1 amide bonds. The van der Waals surface area contributed by atoms with E-state index in [4.69, 9.17) is 0 Å². The third kappa shape index (κ3) is 3.27. The van der Waals surface area contributed by atoms with E-state index in [1.165, 1.54) is 6.07 Å². The van der Waals surface area contributed by atoms with Gasteiger partial charge >= 0.3 is 0 Å². The maximum absolute atomic E-state index is 13.1. The number of likely N-dealkylation sites (tertiary alicyclic amines) is 1. The fraction of sp³-hybridized carbons (Fsp3) is 0.381. The monoisotopic (exact) mass is 364 g/mol. The summed E-state index contributed by atoms with van der Waals surface area (Å²) in [7, 11) is 0. The summed E-state index contributed by atoms with van der Waals surface area (Å²) in [6, 6.07) is 9.03. The van der Waals surface area contributed by atoms with Gasteiger partial charge in [-0.25, -0.2) is 4.98 Å². The zero-order chi connectivity index (χ0) is 19.0. The van der Waals surface area contributed by atoms with Crippen molar-refractivity contribution in [1.29, 1.82) is 0 Å². The zero-order valence-corrected chi connectivity index (χ0v) is 15.7. The topological polar surface area (TPSA) is 71.0 Å². The Labute approximate surface area is 157 Å². The molecule has 0 radical (unpaired) electrons. The highest BCUT2D eigenvalue weighted by molar-refractivity contribution is 5.95. The Morgan fingerprint density at radius 3 is 2.93 bits per heavy atom. The van der Waals surface area contributed by atoms with Gasteiger partial charge in [-0.15, -0.1) is 0 Å². The van der Waals surface area contributed by atoms with E-state index in [0.29, 0.717) is 35.7 Å². The maximum atomic E-state index is 13.1. The molecule has 0 aliphatic carbocycles. The fourth-order valence-corrected chi connectivity index (χ4v) is 3.93. The van der Waals surface area contributed by atoms with Gasteiger partial charge in [0.2, 0.25) is 0 Å². The van der Waals surface area contributed by atoms with Crippen molar-refractivity contribution in [1.82, 2.24) is 19.4 Å². The van der Waals surface area contributed by atoms with Crippen molar-refractivity contribution in [3.63, 3.8) is 0 Å². The second-order valence-electron chi connectivity index (χ2n) is 7.47. The van der Waals surface area contributed by atoms with E-state index in [0.717, 1.165) is 18.7 Å². The van der Waals surface area contributed by atoms with Crippen molar-refractivity contribution in [3.8, 4) is 0 Å². The number of amides is 1. The molecule has 1 aromatic carbocycles. The average Bonchev–Trinajstić information content (AvgIpc) is 3.18. The molecule has 1 N–H and O–H groups in total. The average molecular weight is 364 g/mol. The molecule has 4 rings (SSSR count). The number of carbonyl (C=O) groups excluding carboxylic acids is 1. The van der Waals surface area contributed by atoms with Crippen molar-refractivity contribution in [2.75, 3.05) is 13.1 Å². The molecule has 6 nitrogen and oxygen atoms in total. The van der Waals surface area contributed by atoms with Gasteiger partial charge in [-0.3, -0.25) is 9.59 Å². The van der Waals surface area contributed by atoms with Crippen LogP contribution in [-0.2, 0) is 0 Å². The van der Waals surface area contributed by atoms with E-state index in [1.807, 2.05) is 35.5 Å². The summed E-state index contributed by atoms with van der Waals surface area (Å²) >= 11 is 0. The first-order valence-corrected chi connectivity index (χ1v) is 9.48. The molecule has 140 valence electrons. The number of hydrogen-bond acceptors (Lipinski definition) is 3. The van der Waals surface area contributed by atoms with Crippen LogP contribution in [0.25, 0.3) is 10.9 Å². The fourth-order valence-electron chi connectivity index (χ4n) is 3.93. The highest BCUT2D eigenvalue weighted by Gasteiger charge is 2.29. The molecule has 1 saturated heterocycles. The van der Waals surface area contributed by atoms with E-state index >= 15 is 0 Å². The number of rotatable bonds is 3. The van der Waals surface area contributed by atoms with Crippen molar-refractivity contribution in [2.45, 2.75) is 38.6 Å². The minimum Gasteiger partial charge on any atom is -0.350 e. The van der Waals surface area contributed by atoms with Crippen molar-refractivity contribution in [3.05, 3.63) is 64.5 Å². The lowest BCUT2D eigenvalue weighted by molar-refractivity contribution is 0.0697. The number of hydrogen-bond donors (Lipinski definition) is 1. The molecular weight excluding hydrogens is 340 g/mol. The van der Waals surface area contributed by atoms with Crippen LogP contribution in [-0.4, -0.2) is 38.4 Å². The Balaban J connectivity index is 1.61. The SMILES string of the molecule is CC(C)n1ccnc1C1CCCN(C(=O)c2cc(=O)c3ccccc3[nH]2)C1. The Hall–Kier alpha value is -2.89. The number of imidazole rings is 1. The smallest absolute Gasteiger partial charge is 0.270 e. The second-order valence-corrected chi connectivity index (χ2v) is 7.47. The van der Waals surface area contributed by atoms with Gasteiger partial charge in [-0.1, -0.05) is 12.1 Å². The molecule has 1 fully saturated rings. The molecule has 0 spiro atoms. The lowest BCUT2D eigenvalue weighted by Crippen LogP contribution is -2.40. The number of carbonyl (C=O) groups is 1. The third-order valence-corrected chi connectivity index (χ3v) is 5.30. The summed E-state index contributed by atoms with van der Waals surface area (Å²) in [5.74, 6) is 1.13. The summed E-state index contributed by atoms with van der Waals surface area (Å²) in [6.45, 7) is 5.59. The summed E-state index contributed by atoms with van der Waals surface area (Å²) < 4.78 is 2.18. The van der Waals surface area contributed by atoms with E-state index in [1.54, 1.807) is 6.07 Å². The van der Waals surface area contributed by atoms with Gasteiger partial charge in [0.05, 0.1) is 0 Å². The minimum absolute atomic E-state index is 0.120. The van der Waals surface area contributed by atoms with Gasteiger partial charge in [-0.05, 0) is 38.8 Å². The number of para-hydroxylation sites is 1. The number of aromatic nitrogens is 3. The van der Waals surface area contributed by atoms with Gasteiger partial charge in [-0.2, -0.15) is 0 Å². The summed E-state index contributed by atoms with van der Waals surface area (Å²) in [5, 5.41) is 0.601. The molecule has 6 heteroatoms. The molecule has 0 bridgehead atoms. The molecule has 27 heavy (non-hydrogen) atoms. The molecule has 2 aromatic heterocycles. The van der Waals surface area contributed by atoms with Crippen LogP contribution >= 0.6 is 0 Å². The van der Waals surface area contributed by atoms with Gasteiger partial charge in [0, 0.05) is 54.4 Å². The Bertz CT molecular complexity index is 1030. The molecule has 3 aromatic rings. The Morgan fingerprint density at radius 1 is 1.30 bits per heavy atom. The number of nitrogens with zero attached hydrogens (tertiary/aromatic N) is 3. The van der Waals surface area contributed by atoms with Gasteiger partial charge in [0.25, 0.3) is 5.91 Å². The summed E-state index contributed by atoms with van der Waals surface area (Å²) in [4.78, 5) is 34.9. The van der Waals surface area contributed by atoms with Crippen LogP contribution < -0.4 is 5.43 Å². The van der Waals surface area contributed by atoms with E-state index in [2.05, 4.69) is 28.4 Å². The molecule has 3 heterocycles. The third-order valence-electron chi connectivity index (χ3n) is 5.30. The summed E-state index contributed by atoms with van der Waals surface area (Å²) in [6.07, 6.45) is 5.78. The highest BCUT2D eigenvalue weighted by Crippen LogP contribution is 2.28. The zero-order valence-electron chi connectivity index (χ0n) is 15.7. The molecule has 1 aliphatic heterocycles.